The first-order valence-corrected chi connectivity index (χ1v) is 7.70. The van der Waals surface area contributed by atoms with Crippen LogP contribution in [0.5, 0.6) is 0 Å². The molecule has 1 aromatic rings. The first-order chi connectivity index (χ1) is 8.86. The Morgan fingerprint density at radius 1 is 1.22 bits per heavy atom. The summed E-state index contributed by atoms with van der Waals surface area (Å²) < 4.78 is 0. The average Bonchev–Trinajstić information content (AvgIpc) is 2.81. The molecule has 0 unspecified atom stereocenters. The quantitative estimate of drug-likeness (QED) is 0.554. The van der Waals surface area contributed by atoms with E-state index >= 15 is 0 Å². The summed E-state index contributed by atoms with van der Waals surface area (Å²) in [5, 5.41) is 0. The summed E-state index contributed by atoms with van der Waals surface area (Å²) >= 11 is 1.85. The molecule has 1 aliphatic rings. The predicted octanol–water partition coefficient (Wildman–Crippen LogP) is 4.48. The first kappa shape index (κ1) is 13.4. The number of carbonyl (C=O) groups excluding carboxylic acids is 1. The first-order valence-electron chi connectivity index (χ1n) is 6.72. The molecule has 0 radical (unpaired) electrons. The van der Waals surface area contributed by atoms with Crippen LogP contribution < -0.4 is 0 Å². The Labute approximate surface area is 114 Å². The zero-order valence-electron chi connectivity index (χ0n) is 10.7. The molecule has 0 aliphatic heterocycles. The molecule has 2 heteroatoms. The van der Waals surface area contributed by atoms with E-state index in [0.29, 0.717) is 11.7 Å². The van der Waals surface area contributed by atoms with Gasteiger partial charge in [-0.15, -0.1) is 11.8 Å². The molecule has 0 saturated heterocycles. The van der Waals surface area contributed by atoms with Crippen LogP contribution >= 0.6 is 11.8 Å². The van der Waals surface area contributed by atoms with E-state index in [1.165, 1.54) is 4.90 Å². The van der Waals surface area contributed by atoms with Crippen molar-refractivity contribution in [3.05, 3.63) is 42.5 Å². The summed E-state index contributed by atoms with van der Waals surface area (Å²) in [6.07, 6.45) is 9.58. The molecule has 2 rings (SSSR count). The summed E-state index contributed by atoms with van der Waals surface area (Å²) in [6.45, 7) is 0. The highest BCUT2D eigenvalue weighted by atomic mass is 32.2. The number of hydrogen-bond acceptors (Lipinski definition) is 2. The fraction of sp³-hybridized carbons (Fsp3) is 0.438. The van der Waals surface area contributed by atoms with Crippen molar-refractivity contribution in [2.75, 3.05) is 5.75 Å². The number of benzene rings is 1. The largest absolute Gasteiger partial charge is 0.299 e. The van der Waals surface area contributed by atoms with Crippen LogP contribution in [0.4, 0.5) is 0 Å². The van der Waals surface area contributed by atoms with Gasteiger partial charge < -0.3 is 0 Å². The summed E-state index contributed by atoms with van der Waals surface area (Å²) in [6, 6.07) is 10.4. The Hall–Kier alpha value is -1.02. The van der Waals surface area contributed by atoms with Crippen molar-refractivity contribution in [3.8, 4) is 0 Å². The normalized spacial score (nSPS) is 19.8. The van der Waals surface area contributed by atoms with E-state index in [4.69, 9.17) is 0 Å². The average molecular weight is 260 g/mol. The number of thioether (sulfide) groups is 1. The van der Waals surface area contributed by atoms with Crippen molar-refractivity contribution < 1.29 is 4.79 Å². The van der Waals surface area contributed by atoms with Crippen molar-refractivity contribution in [1.82, 2.24) is 0 Å². The van der Waals surface area contributed by atoms with Gasteiger partial charge in [-0.05, 0) is 37.8 Å². The Bertz CT molecular complexity index is 397. The summed E-state index contributed by atoms with van der Waals surface area (Å²) in [5.74, 6) is 1.86. The smallest absolute Gasteiger partial charge is 0.135 e. The van der Waals surface area contributed by atoms with Gasteiger partial charge in [0.25, 0.3) is 0 Å². The fourth-order valence-corrected chi connectivity index (χ4v) is 3.11. The summed E-state index contributed by atoms with van der Waals surface area (Å²) in [4.78, 5) is 12.8. The number of Topliss-reactive ketones (excluding diaryl/α,β-unsaturated/α-hetero) is 1. The van der Waals surface area contributed by atoms with Crippen molar-refractivity contribution in [3.63, 3.8) is 0 Å². The highest BCUT2D eigenvalue weighted by molar-refractivity contribution is 7.99. The molecule has 1 aliphatic carbocycles. The standard InChI is InChI=1S/C16H20OS/c17-16-12-7-9-14(16)8-3-2-6-13-18-15-10-4-1-5-11-15/h1-2,4-6,10-11,14H,3,7-9,12-13H2/b6-2+/t14-/m0/s1. The lowest BCUT2D eigenvalue weighted by Gasteiger charge is -2.03. The van der Waals surface area contributed by atoms with Gasteiger partial charge in [-0.25, -0.2) is 0 Å². The van der Waals surface area contributed by atoms with E-state index < -0.39 is 0 Å². The molecule has 0 aromatic heterocycles. The molecular weight excluding hydrogens is 240 g/mol. The summed E-state index contributed by atoms with van der Waals surface area (Å²) in [7, 11) is 0. The van der Waals surface area contributed by atoms with Crippen LogP contribution in [0.3, 0.4) is 0 Å². The fourth-order valence-electron chi connectivity index (χ4n) is 2.34. The van der Waals surface area contributed by atoms with Crippen LogP contribution in [0, 0.1) is 5.92 Å². The van der Waals surface area contributed by atoms with E-state index in [1.807, 2.05) is 17.8 Å². The number of hydrogen-bond donors (Lipinski definition) is 0. The van der Waals surface area contributed by atoms with Crippen LogP contribution in [0.1, 0.15) is 32.1 Å². The molecule has 18 heavy (non-hydrogen) atoms. The van der Waals surface area contributed by atoms with Gasteiger partial charge in [0.2, 0.25) is 0 Å². The van der Waals surface area contributed by atoms with E-state index in [1.54, 1.807) is 0 Å². The number of carbonyl (C=O) groups is 1. The molecule has 0 amide bonds. The van der Waals surface area contributed by atoms with Crippen molar-refractivity contribution in [2.45, 2.75) is 37.0 Å². The highest BCUT2D eigenvalue weighted by Crippen LogP contribution is 2.25. The van der Waals surface area contributed by atoms with E-state index in [-0.39, 0.29) is 0 Å². The monoisotopic (exact) mass is 260 g/mol. The van der Waals surface area contributed by atoms with Gasteiger partial charge in [0, 0.05) is 23.0 Å². The van der Waals surface area contributed by atoms with Crippen molar-refractivity contribution in [2.24, 2.45) is 5.92 Å². The zero-order valence-corrected chi connectivity index (χ0v) is 11.5. The Morgan fingerprint density at radius 3 is 2.78 bits per heavy atom. The molecule has 0 N–H and O–H groups in total. The number of allylic oxidation sites excluding steroid dienone is 1. The molecule has 1 nitrogen and oxygen atoms in total. The van der Waals surface area contributed by atoms with E-state index in [0.717, 1.165) is 37.9 Å². The molecule has 0 heterocycles. The maximum absolute atomic E-state index is 11.5. The minimum atomic E-state index is 0.358. The van der Waals surface area contributed by atoms with E-state index in [9.17, 15) is 4.79 Å². The number of rotatable bonds is 6. The molecule has 1 fully saturated rings. The van der Waals surface area contributed by atoms with Crippen molar-refractivity contribution >= 4 is 17.5 Å². The third kappa shape index (κ3) is 4.34. The Morgan fingerprint density at radius 2 is 2.06 bits per heavy atom. The second-order valence-electron chi connectivity index (χ2n) is 4.73. The Balaban J connectivity index is 1.59. The third-order valence-corrected chi connectivity index (χ3v) is 4.33. The molecular formula is C16H20OS. The minimum Gasteiger partial charge on any atom is -0.299 e. The van der Waals surface area contributed by atoms with Crippen molar-refractivity contribution in [1.29, 1.82) is 0 Å². The zero-order chi connectivity index (χ0) is 12.6. The SMILES string of the molecule is O=C1CCC[C@@H]1CC/C=C/CSc1ccccc1. The van der Waals surface area contributed by atoms with Gasteiger partial charge in [0.05, 0.1) is 0 Å². The molecule has 0 bridgehead atoms. The van der Waals surface area contributed by atoms with Gasteiger partial charge >= 0.3 is 0 Å². The minimum absolute atomic E-state index is 0.358. The van der Waals surface area contributed by atoms with Gasteiger partial charge in [-0.3, -0.25) is 4.79 Å². The van der Waals surface area contributed by atoms with Gasteiger partial charge in [0.1, 0.15) is 5.78 Å². The molecule has 1 atom stereocenters. The van der Waals surface area contributed by atoms with Crippen LogP contribution in [-0.4, -0.2) is 11.5 Å². The predicted molar refractivity (Wildman–Crippen MR) is 77.9 cm³/mol. The second-order valence-corrected chi connectivity index (χ2v) is 5.82. The lowest BCUT2D eigenvalue weighted by Crippen LogP contribution is -2.04. The van der Waals surface area contributed by atoms with Crippen LogP contribution in [-0.2, 0) is 4.79 Å². The van der Waals surface area contributed by atoms with Gasteiger partial charge in [0.15, 0.2) is 0 Å². The third-order valence-electron chi connectivity index (χ3n) is 3.37. The molecule has 96 valence electrons. The molecule has 0 spiro atoms. The van der Waals surface area contributed by atoms with Crippen LogP contribution in [0.2, 0.25) is 0 Å². The number of ketones is 1. The van der Waals surface area contributed by atoms with E-state index in [2.05, 4.69) is 36.4 Å². The lowest BCUT2D eigenvalue weighted by atomic mass is 10.0. The Kier molecular flexibility index (Phi) is 5.53. The highest BCUT2D eigenvalue weighted by Gasteiger charge is 2.22. The summed E-state index contributed by atoms with van der Waals surface area (Å²) in [5.41, 5.74) is 0. The van der Waals surface area contributed by atoms with Crippen LogP contribution in [0.15, 0.2) is 47.4 Å². The maximum atomic E-state index is 11.5. The molecule has 1 saturated carbocycles. The lowest BCUT2D eigenvalue weighted by molar-refractivity contribution is -0.120. The van der Waals surface area contributed by atoms with Gasteiger partial charge in [-0.2, -0.15) is 0 Å². The molecule has 1 aromatic carbocycles. The second kappa shape index (κ2) is 7.42. The topological polar surface area (TPSA) is 17.1 Å². The van der Waals surface area contributed by atoms with Crippen LogP contribution in [0.25, 0.3) is 0 Å². The van der Waals surface area contributed by atoms with Gasteiger partial charge in [-0.1, -0.05) is 30.4 Å². The maximum Gasteiger partial charge on any atom is 0.135 e.